The molecule has 4 nitrogen and oxygen atoms in total. The number of nitrogens with zero attached hydrogens (tertiary/aromatic N) is 1. The number of rotatable bonds is 7. The van der Waals surface area contributed by atoms with E-state index in [4.69, 9.17) is 4.42 Å². The maximum Gasteiger partial charge on any atom is 0.191 e. The summed E-state index contributed by atoms with van der Waals surface area (Å²) in [6, 6.07) is 4.32. The Labute approximate surface area is 139 Å². The second-order valence-electron chi connectivity index (χ2n) is 5.16. The van der Waals surface area contributed by atoms with E-state index in [2.05, 4.69) is 43.3 Å². The van der Waals surface area contributed by atoms with Crippen LogP contribution >= 0.6 is 24.0 Å². The van der Waals surface area contributed by atoms with E-state index in [0.29, 0.717) is 12.0 Å². The van der Waals surface area contributed by atoms with Crippen LogP contribution in [0.5, 0.6) is 0 Å². The number of nitrogens with one attached hydrogen (secondary N) is 2. The lowest BCUT2D eigenvalue weighted by atomic mass is 10.1. The van der Waals surface area contributed by atoms with Gasteiger partial charge in [-0.15, -0.1) is 24.0 Å². The van der Waals surface area contributed by atoms with Crippen LogP contribution in [0.15, 0.2) is 27.8 Å². The standard InChI is InChI=1S/C15H27N3O.HI/c1-5-9-16-15(18-13(4)12(2)3)17-10-8-14-7-6-11-19-14;/h6-7,11-13H,5,8-10H2,1-4H3,(H2,16,17,18);1H. The molecule has 1 heterocycles. The van der Waals surface area contributed by atoms with Crippen molar-refractivity contribution in [1.29, 1.82) is 0 Å². The Balaban J connectivity index is 0.00000361. The van der Waals surface area contributed by atoms with Crippen LogP contribution in [0.1, 0.15) is 39.9 Å². The summed E-state index contributed by atoms with van der Waals surface area (Å²) in [5.41, 5.74) is 0. The summed E-state index contributed by atoms with van der Waals surface area (Å²) in [4.78, 5) is 4.55. The average Bonchev–Trinajstić information content (AvgIpc) is 2.88. The van der Waals surface area contributed by atoms with Gasteiger partial charge >= 0.3 is 0 Å². The number of guanidine groups is 1. The summed E-state index contributed by atoms with van der Waals surface area (Å²) >= 11 is 0. The zero-order chi connectivity index (χ0) is 14.1. The van der Waals surface area contributed by atoms with E-state index in [1.807, 2.05) is 12.1 Å². The van der Waals surface area contributed by atoms with Gasteiger partial charge in [-0.25, -0.2) is 0 Å². The van der Waals surface area contributed by atoms with Gasteiger partial charge in [0.15, 0.2) is 5.96 Å². The Morgan fingerprint density at radius 3 is 2.65 bits per heavy atom. The largest absolute Gasteiger partial charge is 0.469 e. The van der Waals surface area contributed by atoms with Gasteiger partial charge in [0.25, 0.3) is 0 Å². The smallest absolute Gasteiger partial charge is 0.191 e. The van der Waals surface area contributed by atoms with E-state index in [0.717, 1.165) is 37.7 Å². The molecule has 0 aromatic carbocycles. The van der Waals surface area contributed by atoms with Crippen LogP contribution in [0.2, 0.25) is 0 Å². The van der Waals surface area contributed by atoms with Gasteiger partial charge in [0.05, 0.1) is 6.26 Å². The average molecular weight is 393 g/mol. The molecule has 0 aliphatic heterocycles. The molecule has 0 saturated carbocycles. The van der Waals surface area contributed by atoms with E-state index in [9.17, 15) is 0 Å². The van der Waals surface area contributed by atoms with Gasteiger partial charge in [0.1, 0.15) is 5.76 Å². The van der Waals surface area contributed by atoms with Crippen molar-refractivity contribution in [3.63, 3.8) is 0 Å². The predicted molar refractivity (Wildman–Crippen MR) is 95.9 cm³/mol. The first-order valence-corrected chi connectivity index (χ1v) is 7.20. The Morgan fingerprint density at radius 2 is 2.10 bits per heavy atom. The summed E-state index contributed by atoms with van der Waals surface area (Å²) in [5.74, 6) is 2.48. The molecule has 1 rings (SSSR count). The monoisotopic (exact) mass is 393 g/mol. The Morgan fingerprint density at radius 1 is 1.35 bits per heavy atom. The Bertz CT molecular complexity index is 363. The van der Waals surface area contributed by atoms with Crippen molar-refractivity contribution < 1.29 is 4.42 Å². The first-order valence-electron chi connectivity index (χ1n) is 7.20. The number of hydrogen-bond acceptors (Lipinski definition) is 2. The number of hydrogen-bond donors (Lipinski definition) is 2. The molecule has 0 aliphatic carbocycles. The van der Waals surface area contributed by atoms with E-state index < -0.39 is 0 Å². The molecule has 20 heavy (non-hydrogen) atoms. The van der Waals surface area contributed by atoms with E-state index >= 15 is 0 Å². The zero-order valence-electron chi connectivity index (χ0n) is 13.0. The zero-order valence-corrected chi connectivity index (χ0v) is 15.3. The van der Waals surface area contributed by atoms with Crippen molar-refractivity contribution >= 4 is 29.9 Å². The summed E-state index contributed by atoms with van der Waals surface area (Å²) in [7, 11) is 0. The minimum absolute atomic E-state index is 0. The van der Waals surface area contributed by atoms with Crippen LogP contribution in [0, 0.1) is 5.92 Å². The molecule has 2 N–H and O–H groups in total. The maximum atomic E-state index is 5.32. The molecule has 116 valence electrons. The number of furan rings is 1. The van der Waals surface area contributed by atoms with E-state index in [-0.39, 0.29) is 24.0 Å². The van der Waals surface area contributed by atoms with Gasteiger partial charge in [0, 0.05) is 25.6 Å². The molecule has 0 saturated heterocycles. The topological polar surface area (TPSA) is 49.6 Å². The molecule has 1 aromatic rings. The van der Waals surface area contributed by atoms with E-state index in [1.54, 1.807) is 6.26 Å². The second-order valence-corrected chi connectivity index (χ2v) is 5.16. The molecular weight excluding hydrogens is 365 g/mol. The number of halogens is 1. The third kappa shape index (κ3) is 7.77. The van der Waals surface area contributed by atoms with Crippen LogP contribution < -0.4 is 10.6 Å². The van der Waals surface area contributed by atoms with Gasteiger partial charge < -0.3 is 15.1 Å². The molecule has 0 spiro atoms. The van der Waals surface area contributed by atoms with Crippen molar-refractivity contribution in [3.05, 3.63) is 24.2 Å². The molecule has 0 aliphatic rings. The van der Waals surface area contributed by atoms with E-state index in [1.165, 1.54) is 0 Å². The Hall–Kier alpha value is -0.720. The summed E-state index contributed by atoms with van der Waals surface area (Å²) in [6.45, 7) is 10.4. The van der Waals surface area contributed by atoms with Crippen molar-refractivity contribution in [1.82, 2.24) is 10.6 Å². The third-order valence-corrected chi connectivity index (χ3v) is 3.10. The van der Waals surface area contributed by atoms with Crippen LogP contribution in [0.25, 0.3) is 0 Å². The SMILES string of the molecule is CCCN=C(NCCc1ccco1)NC(C)C(C)C.I. The first kappa shape index (κ1) is 19.3. The minimum atomic E-state index is 0. The van der Waals surface area contributed by atoms with Crippen LogP contribution in [0.4, 0.5) is 0 Å². The number of aliphatic imine (C=N–C) groups is 1. The van der Waals surface area contributed by atoms with Crippen LogP contribution in [0.3, 0.4) is 0 Å². The quantitative estimate of drug-likeness (QED) is 0.424. The third-order valence-electron chi connectivity index (χ3n) is 3.10. The lowest BCUT2D eigenvalue weighted by Crippen LogP contribution is -2.45. The summed E-state index contributed by atoms with van der Waals surface area (Å²) in [6.07, 6.45) is 3.64. The lowest BCUT2D eigenvalue weighted by Gasteiger charge is -2.21. The fraction of sp³-hybridized carbons (Fsp3) is 0.667. The van der Waals surface area contributed by atoms with Crippen LogP contribution in [-0.2, 0) is 6.42 Å². The van der Waals surface area contributed by atoms with Gasteiger partial charge in [-0.2, -0.15) is 0 Å². The van der Waals surface area contributed by atoms with Crippen LogP contribution in [-0.4, -0.2) is 25.1 Å². The van der Waals surface area contributed by atoms with Crippen molar-refractivity contribution in [2.24, 2.45) is 10.9 Å². The van der Waals surface area contributed by atoms with Gasteiger partial charge in [-0.05, 0) is 31.4 Å². The van der Waals surface area contributed by atoms with Crippen molar-refractivity contribution in [2.45, 2.75) is 46.6 Å². The summed E-state index contributed by atoms with van der Waals surface area (Å²) < 4.78 is 5.32. The van der Waals surface area contributed by atoms with Gasteiger partial charge in [0.2, 0.25) is 0 Å². The molecule has 0 bridgehead atoms. The highest BCUT2D eigenvalue weighted by Gasteiger charge is 2.09. The highest BCUT2D eigenvalue weighted by Crippen LogP contribution is 2.01. The minimum Gasteiger partial charge on any atom is -0.469 e. The highest BCUT2D eigenvalue weighted by molar-refractivity contribution is 14.0. The molecule has 1 atom stereocenters. The summed E-state index contributed by atoms with van der Waals surface area (Å²) in [5, 5.41) is 6.80. The molecule has 0 fully saturated rings. The second kappa shape index (κ2) is 11.0. The van der Waals surface area contributed by atoms with Crippen molar-refractivity contribution in [2.75, 3.05) is 13.1 Å². The normalized spacial score (nSPS) is 12.9. The fourth-order valence-electron chi connectivity index (χ4n) is 1.52. The molecular formula is C15H28IN3O. The molecule has 1 unspecified atom stereocenters. The van der Waals surface area contributed by atoms with Gasteiger partial charge in [-0.1, -0.05) is 20.8 Å². The van der Waals surface area contributed by atoms with Gasteiger partial charge in [-0.3, -0.25) is 4.99 Å². The fourth-order valence-corrected chi connectivity index (χ4v) is 1.52. The highest BCUT2D eigenvalue weighted by atomic mass is 127. The molecule has 0 radical (unpaired) electrons. The Kier molecular flexibility index (Phi) is 10.6. The molecule has 5 heteroatoms. The lowest BCUT2D eigenvalue weighted by molar-refractivity contribution is 0.477. The predicted octanol–water partition coefficient (Wildman–Crippen LogP) is 3.43. The maximum absolute atomic E-state index is 5.32. The first-order chi connectivity index (χ1) is 9.13. The molecule has 1 aromatic heterocycles. The molecule has 0 amide bonds. The van der Waals surface area contributed by atoms with Crippen molar-refractivity contribution in [3.8, 4) is 0 Å².